The standard InChI is InChI=1S/C22H25ClFN3O3S/c1-13-10-21(27-20(29)18-12-31-14(2)25-18)5-7-22(13,8-6-21)26-19(28)11-30-15-3-4-16(23)17(24)9-15/h3-4,9,12-13H,5-8,10-11H2,1-2H3,(H,26,28)(H,27,29)/t13-,21?,22?/m0/s1. The quantitative estimate of drug-likeness (QED) is 0.668. The van der Waals surface area contributed by atoms with Crippen LogP contribution in [0, 0.1) is 18.7 Å². The number of hydrogen-bond acceptors (Lipinski definition) is 5. The minimum atomic E-state index is -0.586. The zero-order chi connectivity index (χ0) is 22.2. The van der Waals surface area contributed by atoms with Gasteiger partial charge in [-0.05, 0) is 57.1 Å². The summed E-state index contributed by atoms with van der Waals surface area (Å²) in [6.45, 7) is 3.80. The Morgan fingerprint density at radius 2 is 2.03 bits per heavy atom. The van der Waals surface area contributed by atoms with E-state index in [1.807, 2.05) is 6.92 Å². The van der Waals surface area contributed by atoms with E-state index in [1.54, 1.807) is 5.38 Å². The Balaban J connectivity index is 1.34. The van der Waals surface area contributed by atoms with Gasteiger partial charge < -0.3 is 15.4 Å². The minimum absolute atomic E-state index is 0.00872. The highest BCUT2D eigenvalue weighted by atomic mass is 35.5. The molecular formula is C22H25ClFN3O3S. The molecule has 1 heterocycles. The molecule has 0 spiro atoms. The van der Waals surface area contributed by atoms with E-state index in [2.05, 4.69) is 22.5 Å². The van der Waals surface area contributed by atoms with Gasteiger partial charge in [0.05, 0.1) is 10.0 Å². The summed E-state index contributed by atoms with van der Waals surface area (Å²) in [7, 11) is 0. The topological polar surface area (TPSA) is 80.3 Å². The summed E-state index contributed by atoms with van der Waals surface area (Å²) in [5, 5.41) is 9.06. The van der Waals surface area contributed by atoms with Crippen molar-refractivity contribution in [2.75, 3.05) is 6.61 Å². The molecule has 3 aliphatic carbocycles. The molecular weight excluding hydrogens is 441 g/mol. The van der Waals surface area contributed by atoms with E-state index in [1.165, 1.54) is 29.5 Å². The van der Waals surface area contributed by atoms with Gasteiger partial charge in [0.15, 0.2) is 6.61 Å². The summed E-state index contributed by atoms with van der Waals surface area (Å²) < 4.78 is 19.0. The van der Waals surface area contributed by atoms with E-state index in [0.29, 0.717) is 5.69 Å². The number of nitrogens with zero attached hydrogens (tertiary/aromatic N) is 1. The summed E-state index contributed by atoms with van der Waals surface area (Å²) in [6, 6.07) is 4.09. The molecule has 0 unspecified atom stereocenters. The van der Waals surface area contributed by atoms with Crippen molar-refractivity contribution in [3.05, 3.63) is 45.1 Å². The first-order valence-corrected chi connectivity index (χ1v) is 11.6. The van der Waals surface area contributed by atoms with Crippen LogP contribution >= 0.6 is 22.9 Å². The second-order valence-electron chi connectivity index (χ2n) is 8.66. The summed E-state index contributed by atoms with van der Waals surface area (Å²) in [5.74, 6) is -0.493. The van der Waals surface area contributed by atoms with E-state index in [4.69, 9.17) is 16.3 Å². The lowest BCUT2D eigenvalue weighted by molar-refractivity contribution is -0.128. The number of aryl methyl sites for hydroxylation is 1. The molecule has 1 aromatic heterocycles. The molecule has 0 aliphatic heterocycles. The molecule has 3 aliphatic rings. The monoisotopic (exact) mass is 465 g/mol. The molecule has 2 amide bonds. The lowest BCUT2D eigenvalue weighted by Gasteiger charge is -2.57. The molecule has 2 aromatic rings. The van der Waals surface area contributed by atoms with Crippen molar-refractivity contribution in [1.29, 1.82) is 0 Å². The summed E-state index contributed by atoms with van der Waals surface area (Å²) >= 11 is 7.13. The zero-order valence-electron chi connectivity index (χ0n) is 17.5. The molecule has 166 valence electrons. The SMILES string of the molecule is Cc1nc(C(=O)NC23CCC(NC(=O)COc4ccc(Cl)c(F)c4)(CC2)[C@@H](C)C3)cs1. The molecule has 5 rings (SSSR count). The van der Waals surface area contributed by atoms with Crippen molar-refractivity contribution in [2.45, 2.75) is 57.0 Å². The first kappa shape index (κ1) is 22.0. The highest BCUT2D eigenvalue weighted by molar-refractivity contribution is 7.09. The Kier molecular flexibility index (Phi) is 5.96. The molecule has 1 atom stereocenters. The Hall–Kier alpha value is -2.19. The number of carbonyl (C=O) groups excluding carboxylic acids is 2. The molecule has 2 N–H and O–H groups in total. The first-order valence-electron chi connectivity index (χ1n) is 10.3. The Morgan fingerprint density at radius 1 is 1.29 bits per heavy atom. The second-order valence-corrected chi connectivity index (χ2v) is 10.1. The number of rotatable bonds is 6. The normalized spacial score (nSPS) is 27.0. The number of aromatic nitrogens is 1. The minimum Gasteiger partial charge on any atom is -0.484 e. The van der Waals surface area contributed by atoms with Gasteiger partial charge in [0.1, 0.15) is 17.3 Å². The number of hydrogen-bond donors (Lipinski definition) is 2. The number of carbonyl (C=O) groups is 2. The predicted octanol–water partition coefficient (Wildman–Crippen LogP) is 4.26. The van der Waals surface area contributed by atoms with Crippen LogP contribution in [0.3, 0.4) is 0 Å². The smallest absolute Gasteiger partial charge is 0.271 e. The maximum Gasteiger partial charge on any atom is 0.271 e. The van der Waals surface area contributed by atoms with Gasteiger partial charge in [-0.2, -0.15) is 0 Å². The second kappa shape index (κ2) is 8.39. The highest BCUT2D eigenvalue weighted by Crippen LogP contribution is 2.50. The van der Waals surface area contributed by atoms with Crippen molar-refractivity contribution in [1.82, 2.24) is 15.6 Å². The van der Waals surface area contributed by atoms with Crippen LogP contribution < -0.4 is 15.4 Å². The third-order valence-corrected chi connectivity index (χ3v) is 7.70. The maximum absolute atomic E-state index is 13.5. The average molecular weight is 466 g/mol. The molecule has 3 saturated carbocycles. The van der Waals surface area contributed by atoms with Crippen LogP contribution in [-0.2, 0) is 4.79 Å². The van der Waals surface area contributed by atoms with Crippen molar-refractivity contribution < 1.29 is 18.7 Å². The highest BCUT2D eigenvalue weighted by Gasteiger charge is 2.54. The zero-order valence-corrected chi connectivity index (χ0v) is 19.0. The molecule has 2 bridgehead atoms. The molecule has 0 radical (unpaired) electrons. The third kappa shape index (κ3) is 4.55. The van der Waals surface area contributed by atoms with E-state index in [-0.39, 0.29) is 46.2 Å². The van der Waals surface area contributed by atoms with Gasteiger partial charge in [0.2, 0.25) is 0 Å². The summed E-state index contributed by atoms with van der Waals surface area (Å²) in [4.78, 5) is 29.5. The average Bonchev–Trinajstić information content (AvgIpc) is 3.17. The van der Waals surface area contributed by atoms with E-state index < -0.39 is 5.82 Å². The lowest BCUT2D eigenvalue weighted by atomic mass is 9.56. The fourth-order valence-corrected chi connectivity index (χ4v) is 5.59. The van der Waals surface area contributed by atoms with Crippen LogP contribution in [0.2, 0.25) is 5.02 Å². The van der Waals surface area contributed by atoms with Crippen LogP contribution in [0.15, 0.2) is 23.6 Å². The van der Waals surface area contributed by atoms with Crippen molar-refractivity contribution in [2.24, 2.45) is 5.92 Å². The van der Waals surface area contributed by atoms with Crippen LogP contribution in [0.1, 0.15) is 54.5 Å². The fraction of sp³-hybridized carbons (Fsp3) is 0.500. The van der Waals surface area contributed by atoms with Gasteiger partial charge in [-0.3, -0.25) is 9.59 Å². The molecule has 9 heteroatoms. The summed E-state index contributed by atoms with van der Waals surface area (Å²) in [5.41, 5.74) is -0.0937. The largest absolute Gasteiger partial charge is 0.484 e. The molecule has 6 nitrogen and oxygen atoms in total. The van der Waals surface area contributed by atoms with Crippen LogP contribution in [0.4, 0.5) is 4.39 Å². The van der Waals surface area contributed by atoms with Crippen molar-refractivity contribution >= 4 is 34.8 Å². The number of amides is 2. The number of halogens is 2. The summed E-state index contributed by atoms with van der Waals surface area (Å²) in [6.07, 6.45) is 3.97. The van der Waals surface area contributed by atoms with Gasteiger partial charge >= 0.3 is 0 Å². The van der Waals surface area contributed by atoms with E-state index >= 15 is 0 Å². The Labute approximate surface area is 189 Å². The maximum atomic E-state index is 13.5. The number of nitrogens with one attached hydrogen (secondary N) is 2. The van der Waals surface area contributed by atoms with Crippen molar-refractivity contribution in [3.63, 3.8) is 0 Å². The van der Waals surface area contributed by atoms with Crippen molar-refractivity contribution in [3.8, 4) is 5.75 Å². The Bertz CT molecular complexity index is 1000. The predicted molar refractivity (Wildman–Crippen MR) is 117 cm³/mol. The number of fused-ring (bicyclic) bond motifs is 3. The first-order chi connectivity index (χ1) is 14.7. The van der Waals surface area contributed by atoms with Crippen LogP contribution in [0.5, 0.6) is 5.75 Å². The van der Waals surface area contributed by atoms with Gasteiger partial charge in [-0.15, -0.1) is 11.3 Å². The van der Waals surface area contributed by atoms with Gasteiger partial charge in [0.25, 0.3) is 11.8 Å². The number of ether oxygens (including phenoxy) is 1. The number of thiazole rings is 1. The molecule has 31 heavy (non-hydrogen) atoms. The van der Waals surface area contributed by atoms with Crippen LogP contribution in [0.25, 0.3) is 0 Å². The lowest BCUT2D eigenvalue weighted by Crippen LogP contribution is -2.67. The van der Waals surface area contributed by atoms with Gasteiger partial charge in [0, 0.05) is 22.5 Å². The number of benzene rings is 1. The fourth-order valence-electron chi connectivity index (χ4n) is 4.88. The van der Waals surface area contributed by atoms with E-state index in [9.17, 15) is 14.0 Å². The van der Waals surface area contributed by atoms with E-state index in [0.717, 1.165) is 37.1 Å². The van der Waals surface area contributed by atoms with Crippen LogP contribution in [-0.4, -0.2) is 34.5 Å². The molecule has 3 fully saturated rings. The molecule has 0 saturated heterocycles. The van der Waals surface area contributed by atoms with Gasteiger partial charge in [-0.1, -0.05) is 18.5 Å². The molecule has 1 aromatic carbocycles. The Morgan fingerprint density at radius 3 is 2.65 bits per heavy atom. The third-order valence-electron chi connectivity index (χ3n) is 6.62. The van der Waals surface area contributed by atoms with Gasteiger partial charge in [-0.25, -0.2) is 9.37 Å².